The third-order valence-corrected chi connectivity index (χ3v) is 6.94. The van der Waals surface area contributed by atoms with Crippen molar-refractivity contribution in [1.82, 2.24) is 0 Å². The molecule has 1 heterocycles. The lowest BCUT2D eigenvalue weighted by atomic mass is 10.0. The summed E-state index contributed by atoms with van der Waals surface area (Å²) in [5.41, 5.74) is 2.19. The molecule has 8 nitrogen and oxygen atoms in total. The first-order chi connectivity index (χ1) is 20.2. The highest BCUT2D eigenvalue weighted by molar-refractivity contribution is 6.46. The number of rotatable bonds is 7. The number of amides is 5. The summed E-state index contributed by atoms with van der Waals surface area (Å²) in [7, 11) is 0. The molecule has 4 aromatic rings. The van der Waals surface area contributed by atoms with Gasteiger partial charge in [-0.2, -0.15) is 0 Å². The monoisotopic (exact) mass is 599 g/mol. The Kier molecular flexibility index (Phi) is 8.38. The SMILES string of the molecule is Cc1ccccc1NC(=O)COc1c(Cl)cc(C=C2C(=O)N(c3ccccc3)C(=O)N(c3ccccc3)C2=O)cc1Cl. The number of aryl methyl sites for hydroxylation is 1. The Balaban J connectivity index is 1.44. The van der Waals surface area contributed by atoms with Crippen LogP contribution in [0, 0.1) is 6.92 Å². The van der Waals surface area contributed by atoms with Crippen LogP contribution in [0.5, 0.6) is 5.75 Å². The number of carbonyl (C=O) groups excluding carboxylic acids is 4. The summed E-state index contributed by atoms with van der Waals surface area (Å²) in [5, 5.41) is 2.88. The topological polar surface area (TPSA) is 96.0 Å². The van der Waals surface area contributed by atoms with E-state index in [0.717, 1.165) is 15.4 Å². The summed E-state index contributed by atoms with van der Waals surface area (Å²) in [6.07, 6.45) is 1.31. The summed E-state index contributed by atoms with van der Waals surface area (Å²) >= 11 is 12.9. The molecule has 1 aliphatic heterocycles. The summed E-state index contributed by atoms with van der Waals surface area (Å²) in [4.78, 5) is 54.9. The highest BCUT2D eigenvalue weighted by Gasteiger charge is 2.43. The molecular formula is C32H23Cl2N3O5. The molecule has 5 rings (SSSR count). The summed E-state index contributed by atoms with van der Waals surface area (Å²) in [6.45, 7) is 1.51. The lowest BCUT2D eigenvalue weighted by Gasteiger charge is -2.33. The number of benzene rings is 4. The van der Waals surface area contributed by atoms with Crippen LogP contribution in [-0.2, 0) is 14.4 Å². The second kappa shape index (κ2) is 12.3. The van der Waals surface area contributed by atoms with Crippen LogP contribution in [0.3, 0.4) is 0 Å². The zero-order valence-corrected chi connectivity index (χ0v) is 23.7. The van der Waals surface area contributed by atoms with E-state index in [1.54, 1.807) is 72.8 Å². The average Bonchev–Trinajstić information content (AvgIpc) is 2.97. The molecule has 0 atom stereocenters. The highest BCUT2D eigenvalue weighted by Crippen LogP contribution is 2.36. The van der Waals surface area contributed by atoms with Crippen LogP contribution in [-0.4, -0.2) is 30.4 Å². The molecule has 1 aliphatic rings. The smallest absolute Gasteiger partial charge is 0.343 e. The Morgan fingerprint density at radius 2 is 1.29 bits per heavy atom. The van der Waals surface area contributed by atoms with Crippen LogP contribution in [0.4, 0.5) is 21.9 Å². The van der Waals surface area contributed by atoms with E-state index >= 15 is 0 Å². The Hall–Kier alpha value is -4.92. The first kappa shape index (κ1) is 28.6. The number of hydrogen-bond donors (Lipinski definition) is 1. The van der Waals surface area contributed by atoms with Gasteiger partial charge in [0.25, 0.3) is 17.7 Å². The van der Waals surface area contributed by atoms with Crippen LogP contribution in [0.1, 0.15) is 11.1 Å². The van der Waals surface area contributed by atoms with Crippen LogP contribution < -0.4 is 19.9 Å². The molecular weight excluding hydrogens is 577 g/mol. The molecule has 42 heavy (non-hydrogen) atoms. The van der Waals surface area contributed by atoms with Gasteiger partial charge in [0, 0.05) is 5.69 Å². The van der Waals surface area contributed by atoms with E-state index in [4.69, 9.17) is 27.9 Å². The van der Waals surface area contributed by atoms with Crippen molar-refractivity contribution in [3.63, 3.8) is 0 Å². The maximum Gasteiger partial charge on any atom is 0.343 e. The third kappa shape index (κ3) is 5.90. The number of anilines is 3. The number of carbonyl (C=O) groups is 4. The molecule has 0 radical (unpaired) electrons. The van der Waals surface area contributed by atoms with Crippen LogP contribution >= 0.6 is 23.2 Å². The molecule has 1 fully saturated rings. The van der Waals surface area contributed by atoms with Gasteiger partial charge in [-0.05, 0) is 66.6 Å². The van der Waals surface area contributed by atoms with Crippen molar-refractivity contribution in [3.05, 3.63) is 124 Å². The molecule has 0 spiro atoms. The molecule has 1 N–H and O–H groups in total. The normalized spacial score (nSPS) is 13.3. The van der Waals surface area contributed by atoms with E-state index in [2.05, 4.69) is 5.32 Å². The lowest BCUT2D eigenvalue weighted by molar-refractivity contribution is -0.121. The van der Waals surface area contributed by atoms with Crippen molar-refractivity contribution in [3.8, 4) is 5.75 Å². The van der Waals surface area contributed by atoms with E-state index in [1.807, 2.05) is 19.1 Å². The second-order valence-electron chi connectivity index (χ2n) is 9.26. The zero-order chi connectivity index (χ0) is 29.8. The Morgan fingerprint density at radius 1 is 0.786 bits per heavy atom. The Labute approximate surface area is 251 Å². The van der Waals surface area contributed by atoms with E-state index in [1.165, 1.54) is 18.2 Å². The van der Waals surface area contributed by atoms with Crippen LogP contribution in [0.15, 0.2) is 103 Å². The lowest BCUT2D eigenvalue weighted by Crippen LogP contribution is -2.57. The van der Waals surface area contributed by atoms with Gasteiger partial charge in [0.15, 0.2) is 12.4 Å². The largest absolute Gasteiger partial charge is 0.481 e. The molecule has 1 saturated heterocycles. The van der Waals surface area contributed by atoms with E-state index in [-0.39, 0.29) is 28.0 Å². The van der Waals surface area contributed by atoms with Gasteiger partial charge in [0.05, 0.1) is 21.4 Å². The molecule has 0 aromatic heterocycles. The van der Waals surface area contributed by atoms with Crippen molar-refractivity contribution < 1.29 is 23.9 Å². The Bertz CT molecular complexity index is 1640. The maximum atomic E-state index is 13.6. The number of halogens is 2. The molecule has 0 saturated carbocycles. The van der Waals surface area contributed by atoms with Gasteiger partial charge in [-0.3, -0.25) is 14.4 Å². The first-order valence-electron chi connectivity index (χ1n) is 12.8. The fraction of sp³-hybridized carbons (Fsp3) is 0.0625. The number of barbiturate groups is 1. The van der Waals surface area contributed by atoms with E-state index in [9.17, 15) is 19.2 Å². The minimum Gasteiger partial charge on any atom is -0.481 e. The zero-order valence-electron chi connectivity index (χ0n) is 22.2. The first-order valence-corrected chi connectivity index (χ1v) is 13.5. The minimum absolute atomic E-state index is 0.0599. The number of nitrogens with zero attached hydrogens (tertiary/aromatic N) is 2. The van der Waals surface area contributed by atoms with Gasteiger partial charge in [-0.25, -0.2) is 14.6 Å². The quantitative estimate of drug-likeness (QED) is 0.184. The fourth-order valence-electron chi connectivity index (χ4n) is 4.34. The van der Waals surface area contributed by atoms with Gasteiger partial charge in [0.1, 0.15) is 5.57 Å². The predicted molar refractivity (Wildman–Crippen MR) is 163 cm³/mol. The number of imide groups is 2. The van der Waals surface area contributed by atoms with Gasteiger partial charge < -0.3 is 10.1 Å². The minimum atomic E-state index is -0.802. The van der Waals surface area contributed by atoms with E-state index < -0.39 is 23.8 Å². The second-order valence-corrected chi connectivity index (χ2v) is 10.1. The molecule has 0 bridgehead atoms. The van der Waals surface area contributed by atoms with Gasteiger partial charge >= 0.3 is 6.03 Å². The molecule has 210 valence electrons. The molecule has 0 aliphatic carbocycles. The van der Waals surface area contributed by atoms with Crippen molar-refractivity contribution >= 4 is 70.1 Å². The van der Waals surface area contributed by atoms with Crippen molar-refractivity contribution in [1.29, 1.82) is 0 Å². The van der Waals surface area contributed by atoms with Crippen molar-refractivity contribution in [2.45, 2.75) is 6.92 Å². The highest BCUT2D eigenvalue weighted by atomic mass is 35.5. The third-order valence-electron chi connectivity index (χ3n) is 6.38. The summed E-state index contributed by atoms with van der Waals surface area (Å²) < 4.78 is 5.60. The predicted octanol–water partition coefficient (Wildman–Crippen LogP) is 6.90. The van der Waals surface area contributed by atoms with Crippen LogP contribution in [0.25, 0.3) is 6.08 Å². The number of urea groups is 1. The van der Waals surface area contributed by atoms with Gasteiger partial charge in [-0.1, -0.05) is 77.8 Å². The molecule has 4 aromatic carbocycles. The summed E-state index contributed by atoms with van der Waals surface area (Å²) in [5.74, 6) is -1.95. The van der Waals surface area contributed by atoms with Gasteiger partial charge in [0.2, 0.25) is 0 Å². The standard InChI is InChI=1S/C32H23Cl2N3O5/c1-20-10-8-9-15-27(20)35-28(38)19-42-29-25(33)17-21(18-26(29)34)16-24-30(39)36(22-11-4-2-5-12-22)32(41)37(31(24)40)23-13-6-3-7-14-23/h2-18H,19H2,1H3,(H,35,38). The maximum absolute atomic E-state index is 13.6. The average molecular weight is 600 g/mol. The van der Waals surface area contributed by atoms with E-state index in [0.29, 0.717) is 22.6 Å². The number of ether oxygens (including phenoxy) is 1. The Morgan fingerprint density at radius 3 is 1.81 bits per heavy atom. The van der Waals surface area contributed by atoms with Crippen LogP contribution in [0.2, 0.25) is 10.0 Å². The number of para-hydroxylation sites is 3. The van der Waals surface area contributed by atoms with Crippen molar-refractivity contribution in [2.75, 3.05) is 21.7 Å². The van der Waals surface area contributed by atoms with Gasteiger partial charge in [-0.15, -0.1) is 0 Å². The molecule has 0 unspecified atom stereocenters. The summed E-state index contributed by atoms with van der Waals surface area (Å²) in [6, 6.07) is 26.0. The number of nitrogens with one attached hydrogen (secondary N) is 1. The molecule has 10 heteroatoms. The molecule has 5 amide bonds. The number of hydrogen-bond acceptors (Lipinski definition) is 5. The fourth-order valence-corrected chi connectivity index (χ4v) is 4.96. The van der Waals surface area contributed by atoms with Crippen molar-refractivity contribution in [2.24, 2.45) is 0 Å².